The molecule has 0 amide bonds. The fourth-order valence-corrected chi connectivity index (χ4v) is 4.63. The molecule has 2 rings (SSSR count). The molecule has 0 bridgehead atoms. The van der Waals surface area contributed by atoms with Crippen molar-refractivity contribution in [3.05, 3.63) is 65.7 Å². The average Bonchev–Trinajstić information content (AvgIpc) is 2.64. The molecule has 5 heteroatoms. The van der Waals surface area contributed by atoms with Crippen molar-refractivity contribution in [1.82, 2.24) is 0 Å². The molecule has 3 atom stereocenters. The third-order valence-electron chi connectivity index (χ3n) is 4.15. The van der Waals surface area contributed by atoms with E-state index >= 15 is 0 Å². The highest BCUT2D eigenvalue weighted by Crippen LogP contribution is 2.35. The first kappa shape index (κ1) is 18.7. The van der Waals surface area contributed by atoms with E-state index in [4.69, 9.17) is 11.7 Å². The van der Waals surface area contributed by atoms with Crippen molar-refractivity contribution >= 4 is 9.84 Å². The Hall–Kier alpha value is -2.60. The van der Waals surface area contributed by atoms with Gasteiger partial charge in [0.1, 0.15) is 5.25 Å². The predicted molar refractivity (Wildman–Crippen MR) is 96.1 cm³/mol. The molecule has 25 heavy (non-hydrogen) atoms. The Bertz CT molecular complexity index is 891. The zero-order valence-corrected chi connectivity index (χ0v) is 14.6. The van der Waals surface area contributed by atoms with Gasteiger partial charge in [0, 0.05) is 5.92 Å². The minimum Gasteiger partial charge on any atom is -0.390 e. The van der Waals surface area contributed by atoms with Crippen LogP contribution in [0.4, 0.5) is 0 Å². The highest BCUT2D eigenvalue weighted by Gasteiger charge is 2.38. The van der Waals surface area contributed by atoms with Crippen LogP contribution in [0.1, 0.15) is 29.7 Å². The summed E-state index contributed by atoms with van der Waals surface area (Å²) >= 11 is 0. The summed E-state index contributed by atoms with van der Waals surface area (Å²) in [7, 11) is -3.87. The quantitative estimate of drug-likeness (QED) is 0.810. The molecule has 0 aliphatic carbocycles. The highest BCUT2D eigenvalue weighted by molar-refractivity contribution is 7.91. The minimum atomic E-state index is -3.87. The van der Waals surface area contributed by atoms with E-state index in [1.807, 2.05) is 6.07 Å². The van der Waals surface area contributed by atoms with E-state index in [9.17, 15) is 13.5 Å². The van der Waals surface area contributed by atoms with Crippen molar-refractivity contribution in [3.8, 4) is 18.4 Å². The maximum absolute atomic E-state index is 13.2. The number of sulfone groups is 1. The van der Waals surface area contributed by atoms with Crippen LogP contribution in [0.2, 0.25) is 0 Å². The van der Waals surface area contributed by atoms with Gasteiger partial charge in [-0.25, -0.2) is 8.42 Å². The zero-order chi connectivity index (χ0) is 18.4. The van der Waals surface area contributed by atoms with Crippen LogP contribution in [-0.2, 0) is 9.84 Å². The van der Waals surface area contributed by atoms with E-state index in [-0.39, 0.29) is 4.90 Å². The molecule has 0 radical (unpaired) electrons. The van der Waals surface area contributed by atoms with E-state index < -0.39 is 27.1 Å². The Morgan fingerprint density at radius 1 is 1.12 bits per heavy atom. The lowest BCUT2D eigenvalue weighted by molar-refractivity contribution is 0.126. The number of aliphatic hydroxyl groups excluding tert-OH is 1. The molecule has 0 saturated heterocycles. The van der Waals surface area contributed by atoms with Gasteiger partial charge in [-0.05, 0) is 36.2 Å². The van der Waals surface area contributed by atoms with E-state index in [1.54, 1.807) is 37.3 Å². The molecule has 0 saturated carbocycles. The number of benzene rings is 2. The fourth-order valence-electron chi connectivity index (χ4n) is 2.73. The lowest BCUT2D eigenvalue weighted by atomic mass is 9.94. The van der Waals surface area contributed by atoms with Crippen molar-refractivity contribution in [3.63, 3.8) is 0 Å². The summed E-state index contributed by atoms with van der Waals surface area (Å²) in [6, 6.07) is 16.1. The molecule has 0 spiro atoms. The SMILES string of the molecule is C#CC(CC)C(O)C(c1ccc(C#N)cc1)S(=O)(=O)c1ccccc1. The molecule has 128 valence electrons. The Labute approximate surface area is 148 Å². The summed E-state index contributed by atoms with van der Waals surface area (Å²) in [5.74, 6) is 1.88. The minimum absolute atomic E-state index is 0.121. The number of rotatable bonds is 6. The number of hydrogen-bond acceptors (Lipinski definition) is 4. The van der Waals surface area contributed by atoms with Gasteiger partial charge in [-0.1, -0.05) is 37.3 Å². The Kier molecular flexibility index (Phi) is 5.98. The van der Waals surface area contributed by atoms with Gasteiger partial charge < -0.3 is 5.11 Å². The second-order valence-corrected chi connectivity index (χ2v) is 7.75. The first-order valence-corrected chi connectivity index (χ1v) is 9.43. The molecule has 0 heterocycles. The van der Waals surface area contributed by atoms with Gasteiger partial charge in [0.25, 0.3) is 0 Å². The second-order valence-electron chi connectivity index (χ2n) is 5.68. The summed E-state index contributed by atoms with van der Waals surface area (Å²) in [6.45, 7) is 1.80. The number of aliphatic hydroxyl groups is 1. The zero-order valence-electron chi connectivity index (χ0n) is 13.8. The number of terminal acetylenes is 1. The predicted octanol–water partition coefficient (Wildman–Crippen LogP) is 3.09. The maximum atomic E-state index is 13.2. The van der Waals surface area contributed by atoms with Crippen LogP contribution < -0.4 is 0 Å². The molecule has 0 fully saturated rings. The number of hydrogen-bond donors (Lipinski definition) is 1. The van der Waals surface area contributed by atoms with Gasteiger partial charge >= 0.3 is 0 Å². The van der Waals surface area contributed by atoms with Gasteiger partial charge in [0.2, 0.25) is 0 Å². The largest absolute Gasteiger partial charge is 0.390 e. The Morgan fingerprint density at radius 2 is 1.72 bits per heavy atom. The van der Waals surface area contributed by atoms with Crippen LogP contribution in [0.15, 0.2) is 59.5 Å². The van der Waals surface area contributed by atoms with Crippen LogP contribution in [0.25, 0.3) is 0 Å². The van der Waals surface area contributed by atoms with Gasteiger partial charge in [-0.3, -0.25) is 0 Å². The molecule has 4 nitrogen and oxygen atoms in total. The van der Waals surface area contributed by atoms with Gasteiger partial charge in [0.15, 0.2) is 9.84 Å². The first-order chi connectivity index (χ1) is 12.0. The molecular formula is C20H19NO3S. The molecule has 2 aromatic rings. The molecule has 0 aliphatic rings. The summed E-state index contributed by atoms with van der Waals surface area (Å²) in [6.07, 6.45) is 4.68. The van der Waals surface area contributed by atoms with Crippen molar-refractivity contribution in [1.29, 1.82) is 5.26 Å². The molecule has 1 N–H and O–H groups in total. The summed E-state index contributed by atoms with van der Waals surface area (Å²) in [4.78, 5) is 0.121. The summed E-state index contributed by atoms with van der Waals surface area (Å²) in [5.41, 5.74) is 0.821. The lowest BCUT2D eigenvalue weighted by Crippen LogP contribution is -2.32. The third kappa shape index (κ3) is 3.91. The average molecular weight is 353 g/mol. The third-order valence-corrected chi connectivity index (χ3v) is 6.30. The topological polar surface area (TPSA) is 78.2 Å². The molecular weight excluding hydrogens is 334 g/mol. The van der Waals surface area contributed by atoms with Crippen molar-refractivity contribution in [2.45, 2.75) is 29.6 Å². The molecule has 0 aliphatic heterocycles. The smallest absolute Gasteiger partial charge is 0.187 e. The maximum Gasteiger partial charge on any atom is 0.187 e. The van der Waals surface area contributed by atoms with E-state index in [0.717, 1.165) is 0 Å². The van der Waals surface area contributed by atoms with E-state index in [2.05, 4.69) is 5.92 Å². The number of nitriles is 1. The van der Waals surface area contributed by atoms with Crippen molar-refractivity contribution < 1.29 is 13.5 Å². The van der Waals surface area contributed by atoms with E-state index in [1.165, 1.54) is 24.3 Å². The van der Waals surface area contributed by atoms with E-state index in [0.29, 0.717) is 17.5 Å². The van der Waals surface area contributed by atoms with Crippen LogP contribution in [-0.4, -0.2) is 19.6 Å². The fraction of sp³-hybridized carbons (Fsp3) is 0.250. The van der Waals surface area contributed by atoms with Crippen molar-refractivity contribution in [2.75, 3.05) is 0 Å². The summed E-state index contributed by atoms with van der Waals surface area (Å²) in [5, 5.41) is 18.5. The lowest BCUT2D eigenvalue weighted by Gasteiger charge is -2.27. The Morgan fingerprint density at radius 3 is 2.20 bits per heavy atom. The number of nitrogens with zero attached hydrogens (tertiary/aromatic N) is 1. The normalized spacial score (nSPS) is 14.7. The van der Waals surface area contributed by atoms with Crippen LogP contribution in [0.3, 0.4) is 0 Å². The highest BCUT2D eigenvalue weighted by atomic mass is 32.2. The van der Waals surface area contributed by atoms with Crippen molar-refractivity contribution in [2.24, 2.45) is 5.92 Å². The monoisotopic (exact) mass is 353 g/mol. The second kappa shape index (κ2) is 7.98. The molecule has 3 unspecified atom stereocenters. The molecule has 2 aromatic carbocycles. The van der Waals surface area contributed by atoms with Gasteiger partial charge in [0.05, 0.1) is 22.6 Å². The van der Waals surface area contributed by atoms with Crippen LogP contribution in [0, 0.1) is 29.6 Å². The summed E-state index contributed by atoms with van der Waals surface area (Å²) < 4.78 is 26.3. The molecule has 0 aromatic heterocycles. The van der Waals surface area contributed by atoms with Crippen LogP contribution in [0.5, 0.6) is 0 Å². The van der Waals surface area contributed by atoms with Gasteiger partial charge in [-0.2, -0.15) is 5.26 Å². The van der Waals surface area contributed by atoms with Gasteiger partial charge in [-0.15, -0.1) is 12.3 Å². The Balaban J connectivity index is 2.60. The van der Waals surface area contributed by atoms with Crippen LogP contribution >= 0.6 is 0 Å². The standard InChI is InChI=1S/C20H19NO3S/c1-3-16(4-2)19(22)20(17-12-10-15(14-21)11-13-17)25(23,24)18-8-6-5-7-9-18/h1,5-13,16,19-20,22H,4H2,2H3. The first-order valence-electron chi connectivity index (χ1n) is 7.89.